The first kappa shape index (κ1) is 20.9. The third-order valence-corrected chi connectivity index (χ3v) is 5.70. The highest BCUT2D eigenvalue weighted by Gasteiger charge is 2.19. The van der Waals surface area contributed by atoms with Crippen molar-refractivity contribution < 1.29 is 17.3 Å². The molecule has 0 heterocycles. The highest BCUT2D eigenvalue weighted by Crippen LogP contribution is 2.31. The van der Waals surface area contributed by atoms with Crippen LogP contribution in [-0.2, 0) is 10.1 Å². The zero-order valence-electron chi connectivity index (χ0n) is 16.2. The lowest BCUT2D eigenvalue weighted by Gasteiger charge is -2.11. The molecule has 3 rings (SSSR count). The van der Waals surface area contributed by atoms with Crippen LogP contribution in [0.5, 0.6) is 11.5 Å². The van der Waals surface area contributed by atoms with Crippen molar-refractivity contribution in [3.8, 4) is 11.5 Å². The first-order chi connectivity index (χ1) is 13.8. The average molecular weight is 430 g/mol. The highest BCUT2D eigenvalue weighted by molar-refractivity contribution is 7.87. The van der Waals surface area contributed by atoms with Crippen molar-refractivity contribution in [1.29, 1.82) is 0 Å². The second kappa shape index (κ2) is 8.68. The van der Waals surface area contributed by atoms with Crippen LogP contribution in [0.3, 0.4) is 0 Å². The Bertz CT molecular complexity index is 1160. The number of halogens is 1. The molecule has 0 unspecified atom stereocenters. The van der Waals surface area contributed by atoms with Gasteiger partial charge in [0.15, 0.2) is 11.5 Å². The summed E-state index contributed by atoms with van der Waals surface area (Å²) >= 11 is 6.02. The monoisotopic (exact) mass is 429 g/mol. The lowest BCUT2D eigenvalue weighted by atomic mass is 10.2. The van der Waals surface area contributed by atoms with Crippen LogP contribution < -0.4 is 8.92 Å². The predicted molar refractivity (Wildman–Crippen MR) is 115 cm³/mol. The van der Waals surface area contributed by atoms with Gasteiger partial charge < -0.3 is 8.92 Å². The molecule has 3 aromatic carbocycles. The number of aryl methyl sites for hydroxylation is 2. The van der Waals surface area contributed by atoms with Crippen LogP contribution in [0.15, 0.2) is 70.6 Å². The molecule has 0 aliphatic heterocycles. The number of ether oxygens (including phenoxy) is 1. The van der Waals surface area contributed by atoms with Crippen molar-refractivity contribution in [3.63, 3.8) is 0 Å². The normalized spacial score (nSPS) is 11.6. The van der Waals surface area contributed by atoms with Crippen molar-refractivity contribution >= 4 is 33.6 Å². The lowest BCUT2D eigenvalue weighted by molar-refractivity contribution is 0.390. The molecule has 29 heavy (non-hydrogen) atoms. The van der Waals surface area contributed by atoms with E-state index >= 15 is 0 Å². The minimum absolute atomic E-state index is 0.0761. The Kier molecular flexibility index (Phi) is 6.25. The number of methoxy groups -OCH3 is 1. The molecule has 5 nitrogen and oxygen atoms in total. The van der Waals surface area contributed by atoms with Gasteiger partial charge in [-0.15, -0.1) is 0 Å². The third kappa shape index (κ3) is 5.16. The van der Waals surface area contributed by atoms with Crippen LogP contribution in [0, 0.1) is 13.8 Å². The fourth-order valence-corrected chi connectivity index (χ4v) is 3.68. The number of benzene rings is 3. The molecule has 0 amide bonds. The van der Waals surface area contributed by atoms with Gasteiger partial charge in [0.1, 0.15) is 4.90 Å². The predicted octanol–water partition coefficient (Wildman–Crippen LogP) is 5.48. The van der Waals surface area contributed by atoms with Gasteiger partial charge >= 0.3 is 10.1 Å². The minimum atomic E-state index is -3.97. The Labute approximate surface area is 175 Å². The fraction of sp³-hybridized carbons (Fsp3) is 0.136. The Morgan fingerprint density at radius 2 is 1.66 bits per heavy atom. The van der Waals surface area contributed by atoms with Crippen LogP contribution in [0.1, 0.15) is 16.7 Å². The summed E-state index contributed by atoms with van der Waals surface area (Å²) in [5, 5.41) is 0.602. The molecule has 0 radical (unpaired) electrons. The Morgan fingerprint density at radius 1 is 0.931 bits per heavy atom. The lowest BCUT2D eigenvalue weighted by Crippen LogP contribution is -2.10. The second-order valence-corrected chi connectivity index (χ2v) is 8.43. The molecule has 0 bridgehead atoms. The molecule has 7 heteroatoms. The summed E-state index contributed by atoms with van der Waals surface area (Å²) in [7, 11) is -2.52. The van der Waals surface area contributed by atoms with Gasteiger partial charge in [-0.25, -0.2) is 0 Å². The van der Waals surface area contributed by atoms with E-state index in [0.717, 1.165) is 22.4 Å². The smallest absolute Gasteiger partial charge is 0.339 e. The molecule has 0 saturated carbocycles. The first-order valence-electron chi connectivity index (χ1n) is 8.78. The molecule has 0 aromatic heterocycles. The van der Waals surface area contributed by atoms with E-state index in [1.807, 2.05) is 19.9 Å². The van der Waals surface area contributed by atoms with E-state index < -0.39 is 10.1 Å². The van der Waals surface area contributed by atoms with Crippen LogP contribution in [0.4, 0.5) is 5.69 Å². The van der Waals surface area contributed by atoms with Crippen molar-refractivity contribution in [2.75, 3.05) is 7.11 Å². The molecular formula is C22H20ClNO4S. The number of hydrogen-bond acceptors (Lipinski definition) is 5. The summed E-state index contributed by atoms with van der Waals surface area (Å²) in [6.07, 6.45) is 1.65. The maximum absolute atomic E-state index is 12.5. The molecular weight excluding hydrogens is 410 g/mol. The van der Waals surface area contributed by atoms with Gasteiger partial charge in [-0.2, -0.15) is 8.42 Å². The van der Waals surface area contributed by atoms with Gasteiger partial charge in [-0.05, 0) is 67.4 Å². The Balaban J connectivity index is 1.86. The topological polar surface area (TPSA) is 65.0 Å². The average Bonchev–Trinajstić information content (AvgIpc) is 2.69. The van der Waals surface area contributed by atoms with Gasteiger partial charge in [0.25, 0.3) is 0 Å². The maximum Gasteiger partial charge on any atom is 0.339 e. The molecule has 0 N–H and O–H groups in total. The van der Waals surface area contributed by atoms with Crippen molar-refractivity contribution in [3.05, 3.63) is 82.4 Å². The number of nitrogens with zero attached hydrogens (tertiary/aromatic N) is 1. The van der Waals surface area contributed by atoms with Gasteiger partial charge in [0, 0.05) is 11.2 Å². The standard InChI is InChI=1S/C22H20ClNO4S/c1-15-4-9-19(10-5-15)29(25,26)28-21-11-7-17(12-22(21)27-3)14-24-20-13-18(23)8-6-16(20)2/h4-14H,1-3H3. The molecule has 0 atom stereocenters. The molecule has 0 saturated heterocycles. The van der Waals surface area contributed by atoms with E-state index in [4.69, 9.17) is 20.5 Å². The van der Waals surface area contributed by atoms with Gasteiger partial charge in [0.05, 0.1) is 12.8 Å². The molecule has 0 aliphatic carbocycles. The molecule has 150 valence electrons. The van der Waals surface area contributed by atoms with Gasteiger partial charge in [-0.3, -0.25) is 4.99 Å². The third-order valence-electron chi connectivity index (χ3n) is 4.22. The highest BCUT2D eigenvalue weighted by atomic mass is 35.5. The van der Waals surface area contributed by atoms with E-state index in [2.05, 4.69) is 4.99 Å². The molecule has 3 aromatic rings. The van der Waals surface area contributed by atoms with Gasteiger partial charge in [-0.1, -0.05) is 35.4 Å². The van der Waals surface area contributed by atoms with Crippen molar-refractivity contribution in [1.82, 2.24) is 0 Å². The van der Waals surface area contributed by atoms with E-state index in [-0.39, 0.29) is 16.4 Å². The number of aliphatic imine (C=N–C) groups is 1. The van der Waals surface area contributed by atoms with Crippen LogP contribution in [-0.4, -0.2) is 21.7 Å². The Hall–Kier alpha value is -2.83. The summed E-state index contributed by atoms with van der Waals surface area (Å²) in [4.78, 5) is 4.52. The van der Waals surface area contributed by atoms with Crippen LogP contribution >= 0.6 is 11.6 Å². The minimum Gasteiger partial charge on any atom is -0.493 e. The largest absolute Gasteiger partial charge is 0.493 e. The van der Waals surface area contributed by atoms with Crippen molar-refractivity contribution in [2.45, 2.75) is 18.7 Å². The summed E-state index contributed by atoms with van der Waals surface area (Å²) in [6, 6.07) is 16.8. The van der Waals surface area contributed by atoms with Crippen molar-refractivity contribution in [2.24, 2.45) is 4.99 Å². The van der Waals surface area contributed by atoms with Crippen LogP contribution in [0.25, 0.3) is 0 Å². The number of hydrogen-bond donors (Lipinski definition) is 0. The summed E-state index contributed by atoms with van der Waals surface area (Å²) in [5.41, 5.74) is 3.42. The maximum atomic E-state index is 12.5. The summed E-state index contributed by atoms with van der Waals surface area (Å²) in [6.45, 7) is 3.82. The Morgan fingerprint density at radius 3 is 2.34 bits per heavy atom. The van der Waals surface area contributed by atoms with Crippen LogP contribution in [0.2, 0.25) is 5.02 Å². The number of rotatable bonds is 6. The van der Waals surface area contributed by atoms with E-state index in [1.165, 1.54) is 25.3 Å². The second-order valence-electron chi connectivity index (χ2n) is 6.45. The summed E-state index contributed by atoms with van der Waals surface area (Å²) < 4.78 is 35.7. The zero-order valence-corrected chi connectivity index (χ0v) is 17.8. The van der Waals surface area contributed by atoms with Gasteiger partial charge in [0.2, 0.25) is 0 Å². The van der Waals surface area contributed by atoms with E-state index in [1.54, 1.807) is 42.6 Å². The quantitative estimate of drug-likeness (QED) is 0.384. The fourth-order valence-electron chi connectivity index (χ4n) is 2.57. The van der Waals surface area contributed by atoms with E-state index in [0.29, 0.717) is 5.02 Å². The first-order valence-corrected chi connectivity index (χ1v) is 10.6. The molecule has 0 spiro atoms. The molecule has 0 fully saturated rings. The SMILES string of the molecule is COc1cc(C=Nc2cc(Cl)ccc2C)ccc1OS(=O)(=O)c1ccc(C)cc1. The summed E-state index contributed by atoms with van der Waals surface area (Å²) in [5.74, 6) is 0.386. The molecule has 0 aliphatic rings. The zero-order chi connectivity index (χ0) is 21.0. The van der Waals surface area contributed by atoms with E-state index in [9.17, 15) is 8.42 Å².